The molecular formula is C15H23N3O3. The van der Waals surface area contributed by atoms with Crippen LogP contribution in [0.2, 0.25) is 0 Å². The lowest BCUT2D eigenvalue weighted by Gasteiger charge is -2.34. The number of nitrogens with one attached hydrogen (secondary N) is 1. The molecule has 0 radical (unpaired) electrons. The average Bonchev–Trinajstić information content (AvgIpc) is 2.46. The molecule has 6 heteroatoms. The number of hydrogen-bond acceptors (Lipinski definition) is 5. The fourth-order valence-corrected chi connectivity index (χ4v) is 2.64. The molecule has 0 saturated carbocycles. The molecule has 1 heterocycles. The SMILES string of the molecule is CNC1CCN(c2ccc([N+](=O)[O-])cc2OC(C)C)CC1. The first kappa shape index (κ1) is 15.6. The van der Waals surface area contributed by atoms with Gasteiger partial charge in [0.25, 0.3) is 5.69 Å². The van der Waals surface area contributed by atoms with Crippen molar-refractivity contribution < 1.29 is 9.66 Å². The van der Waals surface area contributed by atoms with Gasteiger partial charge in [-0.05, 0) is 39.8 Å². The van der Waals surface area contributed by atoms with Crippen molar-refractivity contribution in [1.82, 2.24) is 5.32 Å². The minimum Gasteiger partial charge on any atom is -0.489 e. The number of nitrogens with zero attached hydrogens (tertiary/aromatic N) is 2. The van der Waals surface area contributed by atoms with Crippen LogP contribution in [0.5, 0.6) is 5.75 Å². The lowest BCUT2D eigenvalue weighted by atomic mass is 10.0. The zero-order valence-corrected chi connectivity index (χ0v) is 12.8. The Bertz CT molecular complexity index is 497. The van der Waals surface area contributed by atoms with E-state index in [2.05, 4.69) is 10.2 Å². The van der Waals surface area contributed by atoms with Crippen molar-refractivity contribution >= 4 is 11.4 Å². The van der Waals surface area contributed by atoms with Gasteiger partial charge in [0.2, 0.25) is 0 Å². The van der Waals surface area contributed by atoms with Gasteiger partial charge in [0, 0.05) is 25.2 Å². The first-order valence-electron chi connectivity index (χ1n) is 7.38. The lowest BCUT2D eigenvalue weighted by Crippen LogP contribution is -2.41. The summed E-state index contributed by atoms with van der Waals surface area (Å²) in [5, 5.41) is 14.2. The third-order valence-electron chi connectivity index (χ3n) is 3.76. The molecule has 0 aromatic heterocycles. The van der Waals surface area contributed by atoms with E-state index in [4.69, 9.17) is 4.74 Å². The standard InChI is InChI=1S/C15H23N3O3/c1-11(2)21-15-10-13(18(19)20)4-5-14(15)17-8-6-12(16-3)7-9-17/h4-5,10-12,16H,6-9H2,1-3H3. The van der Waals surface area contributed by atoms with Gasteiger partial charge >= 0.3 is 0 Å². The number of non-ortho nitro benzene ring substituents is 1. The van der Waals surface area contributed by atoms with Crippen LogP contribution < -0.4 is 15.0 Å². The third kappa shape index (κ3) is 3.85. The number of benzene rings is 1. The summed E-state index contributed by atoms with van der Waals surface area (Å²) in [5.41, 5.74) is 1.02. The summed E-state index contributed by atoms with van der Waals surface area (Å²) in [6.45, 7) is 5.71. The summed E-state index contributed by atoms with van der Waals surface area (Å²) in [4.78, 5) is 12.8. The molecule has 0 unspecified atom stereocenters. The van der Waals surface area contributed by atoms with Crippen molar-refractivity contribution in [2.45, 2.75) is 38.8 Å². The van der Waals surface area contributed by atoms with Crippen LogP contribution in [-0.4, -0.2) is 37.2 Å². The second-order valence-electron chi connectivity index (χ2n) is 5.63. The highest BCUT2D eigenvalue weighted by molar-refractivity contribution is 5.62. The van der Waals surface area contributed by atoms with E-state index < -0.39 is 0 Å². The smallest absolute Gasteiger partial charge is 0.273 e. The van der Waals surface area contributed by atoms with Gasteiger partial charge in [-0.1, -0.05) is 0 Å². The maximum Gasteiger partial charge on any atom is 0.273 e. The van der Waals surface area contributed by atoms with Crippen molar-refractivity contribution in [2.24, 2.45) is 0 Å². The highest BCUT2D eigenvalue weighted by Crippen LogP contribution is 2.34. The topological polar surface area (TPSA) is 67.6 Å². The molecule has 6 nitrogen and oxygen atoms in total. The van der Waals surface area contributed by atoms with Crippen LogP contribution in [0.25, 0.3) is 0 Å². The predicted molar refractivity (Wildman–Crippen MR) is 83.2 cm³/mol. The van der Waals surface area contributed by atoms with Crippen LogP contribution in [0, 0.1) is 10.1 Å². The summed E-state index contributed by atoms with van der Waals surface area (Å²) in [6.07, 6.45) is 2.11. The Balaban J connectivity index is 2.23. The number of nitro benzene ring substituents is 1. The first-order valence-corrected chi connectivity index (χ1v) is 7.38. The van der Waals surface area contributed by atoms with E-state index in [0.717, 1.165) is 31.6 Å². The molecule has 1 aliphatic heterocycles. The molecular weight excluding hydrogens is 270 g/mol. The Morgan fingerprint density at radius 3 is 2.57 bits per heavy atom. The molecule has 2 rings (SSSR count). The second kappa shape index (κ2) is 6.76. The molecule has 0 atom stereocenters. The lowest BCUT2D eigenvalue weighted by molar-refractivity contribution is -0.384. The summed E-state index contributed by atoms with van der Waals surface area (Å²) in [7, 11) is 1.99. The minimum absolute atomic E-state index is 0.0133. The third-order valence-corrected chi connectivity index (χ3v) is 3.76. The van der Waals surface area contributed by atoms with Crippen molar-refractivity contribution in [3.63, 3.8) is 0 Å². The Morgan fingerprint density at radius 2 is 2.05 bits per heavy atom. The molecule has 0 spiro atoms. The highest BCUT2D eigenvalue weighted by Gasteiger charge is 2.22. The first-order chi connectivity index (χ1) is 10.0. The van der Waals surface area contributed by atoms with Gasteiger partial charge in [-0.2, -0.15) is 0 Å². The Morgan fingerprint density at radius 1 is 1.38 bits per heavy atom. The van der Waals surface area contributed by atoms with Crippen molar-refractivity contribution in [2.75, 3.05) is 25.0 Å². The average molecular weight is 293 g/mol. The van der Waals surface area contributed by atoms with Crippen LogP contribution >= 0.6 is 0 Å². The molecule has 1 saturated heterocycles. The van der Waals surface area contributed by atoms with Gasteiger partial charge in [0.1, 0.15) is 5.75 Å². The van der Waals surface area contributed by atoms with E-state index in [1.165, 1.54) is 6.07 Å². The quantitative estimate of drug-likeness (QED) is 0.667. The largest absolute Gasteiger partial charge is 0.489 e. The number of rotatable bonds is 5. The van der Waals surface area contributed by atoms with Crippen molar-refractivity contribution in [3.05, 3.63) is 28.3 Å². The molecule has 21 heavy (non-hydrogen) atoms. The van der Waals surface area contributed by atoms with Crippen LogP contribution in [0.15, 0.2) is 18.2 Å². The van der Waals surface area contributed by atoms with Crippen LogP contribution in [0.1, 0.15) is 26.7 Å². The molecule has 1 N–H and O–H groups in total. The van der Waals surface area contributed by atoms with Gasteiger partial charge in [-0.15, -0.1) is 0 Å². The van der Waals surface area contributed by atoms with Crippen molar-refractivity contribution in [1.29, 1.82) is 0 Å². The van der Waals surface area contributed by atoms with Gasteiger partial charge in [-0.25, -0.2) is 0 Å². The predicted octanol–water partition coefficient (Wildman–Crippen LogP) is 2.57. The summed E-state index contributed by atoms with van der Waals surface area (Å²) < 4.78 is 5.78. The maximum absolute atomic E-state index is 10.9. The zero-order chi connectivity index (χ0) is 15.4. The highest BCUT2D eigenvalue weighted by atomic mass is 16.6. The molecule has 1 aromatic rings. The van der Waals surface area contributed by atoms with Gasteiger partial charge in [0.05, 0.1) is 22.8 Å². The fourth-order valence-electron chi connectivity index (χ4n) is 2.64. The van der Waals surface area contributed by atoms with E-state index in [-0.39, 0.29) is 16.7 Å². The number of piperidine rings is 1. The fraction of sp³-hybridized carbons (Fsp3) is 0.600. The second-order valence-corrected chi connectivity index (χ2v) is 5.63. The van der Waals surface area contributed by atoms with E-state index in [0.29, 0.717) is 11.8 Å². The maximum atomic E-state index is 10.9. The van der Waals surface area contributed by atoms with Gasteiger partial charge < -0.3 is 15.0 Å². The Labute approximate surface area is 125 Å². The van der Waals surface area contributed by atoms with Crippen LogP contribution in [-0.2, 0) is 0 Å². The van der Waals surface area contributed by atoms with Crippen molar-refractivity contribution in [3.8, 4) is 5.75 Å². The number of anilines is 1. The summed E-state index contributed by atoms with van der Waals surface area (Å²) in [5.74, 6) is 0.599. The molecule has 1 aromatic carbocycles. The number of ether oxygens (including phenoxy) is 1. The van der Waals surface area contributed by atoms with E-state index in [9.17, 15) is 10.1 Å². The van der Waals surface area contributed by atoms with E-state index in [1.807, 2.05) is 20.9 Å². The van der Waals surface area contributed by atoms with Gasteiger partial charge in [-0.3, -0.25) is 10.1 Å². The van der Waals surface area contributed by atoms with E-state index >= 15 is 0 Å². The Hall–Kier alpha value is -1.82. The molecule has 0 bridgehead atoms. The molecule has 116 valence electrons. The molecule has 0 aliphatic carbocycles. The minimum atomic E-state index is -0.385. The van der Waals surface area contributed by atoms with Crippen LogP contribution in [0.4, 0.5) is 11.4 Å². The molecule has 1 aliphatic rings. The number of nitro groups is 1. The number of hydrogen-bond donors (Lipinski definition) is 1. The molecule has 1 fully saturated rings. The molecule has 0 amide bonds. The summed E-state index contributed by atoms with van der Waals surface area (Å²) >= 11 is 0. The Kier molecular flexibility index (Phi) is 5.01. The zero-order valence-electron chi connectivity index (χ0n) is 12.8. The monoisotopic (exact) mass is 293 g/mol. The normalized spacial score (nSPS) is 16.3. The van der Waals surface area contributed by atoms with E-state index in [1.54, 1.807) is 12.1 Å². The van der Waals surface area contributed by atoms with Crippen LogP contribution in [0.3, 0.4) is 0 Å². The summed E-state index contributed by atoms with van der Waals surface area (Å²) in [6, 6.07) is 5.43. The van der Waals surface area contributed by atoms with Gasteiger partial charge in [0.15, 0.2) is 0 Å².